The van der Waals surface area contributed by atoms with Gasteiger partial charge in [-0.15, -0.1) is 5.10 Å². The zero-order valence-corrected chi connectivity index (χ0v) is 21.1. The molecule has 0 bridgehead atoms. The van der Waals surface area contributed by atoms with Gasteiger partial charge in [-0.1, -0.05) is 54.1 Å². The molecule has 3 amide bonds. The van der Waals surface area contributed by atoms with Gasteiger partial charge in [0.1, 0.15) is 22.8 Å². The smallest absolute Gasteiger partial charge is 0.247 e. The lowest BCUT2D eigenvalue weighted by Gasteiger charge is -2.35. The van der Waals surface area contributed by atoms with E-state index in [-0.39, 0.29) is 23.6 Å². The predicted molar refractivity (Wildman–Crippen MR) is 136 cm³/mol. The van der Waals surface area contributed by atoms with Crippen LogP contribution in [-0.2, 0) is 14.4 Å². The molecule has 1 aromatic heterocycles. The Bertz CT molecular complexity index is 1020. The fraction of sp³-hybridized carbons (Fsp3) is 0.560. The lowest BCUT2D eigenvalue weighted by Crippen LogP contribution is -2.57. The molecule has 2 aromatic rings. The van der Waals surface area contributed by atoms with Crippen molar-refractivity contribution in [1.82, 2.24) is 25.1 Å². The maximum Gasteiger partial charge on any atom is 0.247 e. The van der Waals surface area contributed by atoms with E-state index in [4.69, 9.17) is 0 Å². The van der Waals surface area contributed by atoms with Crippen molar-refractivity contribution >= 4 is 34.3 Å². The molecule has 0 radical (unpaired) electrons. The molecule has 2 fully saturated rings. The molecule has 1 aliphatic carbocycles. The molecule has 1 saturated heterocycles. The average molecular weight is 499 g/mol. The van der Waals surface area contributed by atoms with Gasteiger partial charge in [0.25, 0.3) is 0 Å². The van der Waals surface area contributed by atoms with Crippen molar-refractivity contribution in [2.24, 2.45) is 5.92 Å². The molecule has 1 aromatic carbocycles. The number of nitrogens with zero attached hydrogens (tertiary/aromatic N) is 3. The van der Waals surface area contributed by atoms with Gasteiger partial charge in [-0.2, -0.15) is 0 Å². The minimum absolute atomic E-state index is 0.0870. The Hall–Kier alpha value is -2.85. The number of carbonyl (C=O) groups excluding carboxylic acids is 3. The van der Waals surface area contributed by atoms with E-state index < -0.39 is 18.1 Å². The number of nitrogens with one attached hydrogen (secondary N) is 3. The number of likely N-dealkylation sites (tertiary alicyclic amines) is 1. The summed E-state index contributed by atoms with van der Waals surface area (Å²) in [7, 11) is 1.72. The summed E-state index contributed by atoms with van der Waals surface area (Å²) >= 11 is 1.12. The molecule has 188 valence electrons. The Morgan fingerprint density at radius 3 is 2.51 bits per heavy atom. The number of carbonyl (C=O) groups is 3. The van der Waals surface area contributed by atoms with E-state index in [0.717, 1.165) is 55.6 Å². The molecule has 0 spiro atoms. The second kappa shape index (κ2) is 11.7. The maximum atomic E-state index is 13.8. The van der Waals surface area contributed by atoms with Crippen LogP contribution in [0.4, 0.5) is 5.00 Å². The first-order valence-corrected chi connectivity index (χ1v) is 13.2. The van der Waals surface area contributed by atoms with Crippen LogP contribution in [0.15, 0.2) is 30.3 Å². The second-order valence-corrected chi connectivity index (χ2v) is 10.1. The van der Waals surface area contributed by atoms with Crippen molar-refractivity contribution in [3.05, 3.63) is 30.3 Å². The van der Waals surface area contributed by atoms with E-state index in [1.807, 2.05) is 30.3 Å². The van der Waals surface area contributed by atoms with Crippen molar-refractivity contribution in [1.29, 1.82) is 0 Å². The summed E-state index contributed by atoms with van der Waals surface area (Å²) in [4.78, 5) is 41.5. The number of likely N-dealkylation sites (N-methyl/N-ethyl adjacent to an activating group) is 1. The number of hydrogen-bond donors (Lipinski definition) is 3. The topological polar surface area (TPSA) is 116 Å². The molecule has 1 saturated carbocycles. The first kappa shape index (κ1) is 25.2. The fourth-order valence-electron chi connectivity index (χ4n) is 4.99. The molecule has 4 rings (SSSR count). The standard InChI is InChI=1S/C25H34N6O3S/c1-16(26-2)22(32)27-21(18-12-7-4-8-13-18)25(34)31-15-9-14-19(31)23(33)28-24-20(29-30-35-24)17-10-5-3-6-11-17/h3,5-6,10-11,16,18-19,21,26H,4,7-9,12-15H2,1-2H3,(H,27,32)(H,28,33)/t16-,19+,21?/m1/s1. The molecule has 9 nitrogen and oxygen atoms in total. The Balaban J connectivity index is 1.50. The normalized spacial score (nSPS) is 20.3. The van der Waals surface area contributed by atoms with Crippen molar-refractivity contribution in [3.8, 4) is 11.3 Å². The minimum Gasteiger partial charge on any atom is -0.343 e. The van der Waals surface area contributed by atoms with Crippen LogP contribution in [0.5, 0.6) is 0 Å². The number of aromatic nitrogens is 2. The third-order valence-corrected chi connectivity index (χ3v) is 7.76. The fourth-order valence-corrected chi connectivity index (χ4v) is 5.59. The van der Waals surface area contributed by atoms with Crippen molar-refractivity contribution in [2.75, 3.05) is 18.9 Å². The lowest BCUT2D eigenvalue weighted by molar-refractivity contribution is -0.142. The number of amides is 3. The lowest BCUT2D eigenvalue weighted by atomic mass is 9.83. The molecular weight excluding hydrogens is 464 g/mol. The highest BCUT2D eigenvalue weighted by atomic mass is 32.1. The van der Waals surface area contributed by atoms with Crippen molar-refractivity contribution in [2.45, 2.75) is 70.0 Å². The Morgan fingerprint density at radius 2 is 1.80 bits per heavy atom. The average Bonchev–Trinajstić information content (AvgIpc) is 3.57. The second-order valence-electron chi connectivity index (χ2n) is 9.39. The molecule has 1 unspecified atom stereocenters. The number of benzene rings is 1. The molecule has 35 heavy (non-hydrogen) atoms. The summed E-state index contributed by atoms with van der Waals surface area (Å²) in [6, 6.07) is 7.97. The van der Waals surface area contributed by atoms with Crippen LogP contribution in [0.25, 0.3) is 11.3 Å². The van der Waals surface area contributed by atoms with Gasteiger partial charge >= 0.3 is 0 Å². The Labute approximate surface area is 210 Å². The Kier molecular flexibility index (Phi) is 8.46. The Morgan fingerprint density at radius 1 is 1.06 bits per heavy atom. The van der Waals surface area contributed by atoms with Gasteiger partial charge in [0.15, 0.2) is 0 Å². The first-order chi connectivity index (χ1) is 17.0. The van der Waals surface area contributed by atoms with E-state index in [0.29, 0.717) is 23.7 Å². The minimum atomic E-state index is -0.614. The zero-order valence-electron chi connectivity index (χ0n) is 20.3. The molecule has 2 aliphatic rings. The predicted octanol–water partition coefficient (Wildman–Crippen LogP) is 2.81. The van der Waals surface area contributed by atoms with Crippen molar-refractivity contribution in [3.63, 3.8) is 0 Å². The van der Waals surface area contributed by atoms with Gasteiger partial charge in [-0.3, -0.25) is 14.4 Å². The van der Waals surface area contributed by atoms with Crippen LogP contribution in [0.1, 0.15) is 51.9 Å². The van der Waals surface area contributed by atoms with Crippen LogP contribution in [0, 0.1) is 5.92 Å². The maximum absolute atomic E-state index is 13.8. The highest BCUT2D eigenvalue weighted by Gasteiger charge is 2.41. The van der Waals surface area contributed by atoms with E-state index >= 15 is 0 Å². The number of anilines is 1. The summed E-state index contributed by atoms with van der Waals surface area (Å²) in [6.45, 7) is 2.28. The van der Waals surface area contributed by atoms with Gasteiger partial charge in [0, 0.05) is 23.6 Å². The summed E-state index contributed by atoms with van der Waals surface area (Å²) in [6.07, 6.45) is 6.40. The van der Waals surface area contributed by atoms with E-state index in [1.165, 1.54) is 0 Å². The first-order valence-electron chi connectivity index (χ1n) is 12.5. The van der Waals surface area contributed by atoms with Crippen LogP contribution >= 0.6 is 11.5 Å². The van der Waals surface area contributed by atoms with Gasteiger partial charge in [0.05, 0.1) is 6.04 Å². The van der Waals surface area contributed by atoms with E-state index in [2.05, 4.69) is 25.5 Å². The largest absolute Gasteiger partial charge is 0.343 e. The van der Waals surface area contributed by atoms with Gasteiger partial charge in [-0.25, -0.2) is 0 Å². The molecule has 3 atom stereocenters. The number of rotatable bonds is 8. The van der Waals surface area contributed by atoms with Gasteiger partial charge in [-0.05, 0) is 45.6 Å². The highest BCUT2D eigenvalue weighted by molar-refractivity contribution is 7.10. The monoisotopic (exact) mass is 498 g/mol. The van der Waals surface area contributed by atoms with Gasteiger partial charge < -0.3 is 20.9 Å². The van der Waals surface area contributed by atoms with Crippen molar-refractivity contribution < 1.29 is 14.4 Å². The van der Waals surface area contributed by atoms with E-state index in [1.54, 1.807) is 18.9 Å². The SMILES string of the molecule is CN[C@H](C)C(=O)NC(C(=O)N1CCC[C@H]1C(=O)Nc1snnc1-c1ccccc1)C1CCCCC1. The third-order valence-electron chi connectivity index (χ3n) is 7.12. The summed E-state index contributed by atoms with van der Waals surface area (Å²) in [5.41, 5.74) is 1.49. The van der Waals surface area contributed by atoms with Crippen LogP contribution in [-0.4, -0.2) is 63.9 Å². The summed E-state index contributed by atoms with van der Waals surface area (Å²) in [5, 5.41) is 13.7. The molecule has 2 heterocycles. The highest BCUT2D eigenvalue weighted by Crippen LogP contribution is 2.31. The number of hydrogen-bond acceptors (Lipinski definition) is 7. The third kappa shape index (κ3) is 5.87. The molecular formula is C25H34N6O3S. The quantitative estimate of drug-likeness (QED) is 0.515. The molecule has 1 aliphatic heterocycles. The molecule has 3 N–H and O–H groups in total. The van der Waals surface area contributed by atoms with Gasteiger partial charge in [0.2, 0.25) is 17.7 Å². The zero-order chi connectivity index (χ0) is 24.8. The van der Waals surface area contributed by atoms with Crippen LogP contribution < -0.4 is 16.0 Å². The van der Waals surface area contributed by atoms with E-state index in [9.17, 15) is 14.4 Å². The summed E-state index contributed by atoms with van der Waals surface area (Å²) < 4.78 is 4.02. The molecule has 10 heteroatoms. The van der Waals surface area contributed by atoms with Crippen LogP contribution in [0.3, 0.4) is 0 Å². The summed E-state index contributed by atoms with van der Waals surface area (Å²) in [5.74, 6) is -0.503. The van der Waals surface area contributed by atoms with Crippen LogP contribution in [0.2, 0.25) is 0 Å².